The Balaban J connectivity index is 1.45. The fraction of sp³-hybridized carbons (Fsp3) is 0.429. The van der Waals surface area contributed by atoms with Gasteiger partial charge in [0.25, 0.3) is 0 Å². The molecule has 8 nitrogen and oxygen atoms in total. The second kappa shape index (κ2) is 11.2. The Bertz CT molecular complexity index is 887. The lowest BCUT2D eigenvalue weighted by Gasteiger charge is -2.34. The van der Waals surface area contributed by atoms with Gasteiger partial charge in [0.05, 0.1) is 6.54 Å². The number of carbonyl (C=O) groups excluding carboxylic acids is 1. The minimum Gasteiger partial charge on any atom is -0.357 e. The van der Waals surface area contributed by atoms with E-state index in [0.29, 0.717) is 57.6 Å². The fourth-order valence-corrected chi connectivity index (χ4v) is 3.23. The summed E-state index contributed by atoms with van der Waals surface area (Å²) in [6.45, 7) is 5.50. The maximum absolute atomic E-state index is 13.8. The molecular formula is C21H27F2N7O. The van der Waals surface area contributed by atoms with Crippen molar-refractivity contribution in [2.45, 2.75) is 19.9 Å². The number of hydrogen-bond acceptors (Lipinski definition) is 5. The third-order valence-electron chi connectivity index (χ3n) is 4.86. The highest BCUT2D eigenvalue weighted by atomic mass is 19.1. The molecule has 0 aliphatic carbocycles. The van der Waals surface area contributed by atoms with Gasteiger partial charge in [-0.15, -0.1) is 0 Å². The zero-order valence-electron chi connectivity index (χ0n) is 17.5. The van der Waals surface area contributed by atoms with Crippen LogP contribution in [0.4, 0.5) is 14.7 Å². The normalized spacial score (nSPS) is 14.5. The van der Waals surface area contributed by atoms with Gasteiger partial charge in [-0.2, -0.15) is 0 Å². The molecule has 0 saturated carbocycles. The van der Waals surface area contributed by atoms with E-state index >= 15 is 0 Å². The summed E-state index contributed by atoms with van der Waals surface area (Å²) in [5, 5.41) is 6.12. The van der Waals surface area contributed by atoms with Gasteiger partial charge in [0.1, 0.15) is 11.6 Å². The zero-order valence-corrected chi connectivity index (χ0v) is 17.5. The van der Waals surface area contributed by atoms with Gasteiger partial charge in [0, 0.05) is 63.6 Å². The van der Waals surface area contributed by atoms with Crippen molar-refractivity contribution in [3.63, 3.8) is 0 Å². The van der Waals surface area contributed by atoms with Crippen LogP contribution in [0.2, 0.25) is 0 Å². The van der Waals surface area contributed by atoms with Gasteiger partial charge in [0.2, 0.25) is 11.9 Å². The van der Waals surface area contributed by atoms with Crippen LogP contribution in [-0.4, -0.2) is 66.0 Å². The third kappa shape index (κ3) is 6.59. The molecule has 1 aliphatic heterocycles. The van der Waals surface area contributed by atoms with Crippen LogP contribution in [0.15, 0.2) is 41.7 Å². The summed E-state index contributed by atoms with van der Waals surface area (Å²) < 4.78 is 27.1. The topological polar surface area (TPSA) is 85.8 Å². The molecule has 0 radical (unpaired) electrons. The van der Waals surface area contributed by atoms with Gasteiger partial charge >= 0.3 is 0 Å². The number of hydrogen-bond donors (Lipinski definition) is 2. The van der Waals surface area contributed by atoms with E-state index in [1.165, 1.54) is 0 Å². The molecule has 1 saturated heterocycles. The summed E-state index contributed by atoms with van der Waals surface area (Å²) in [6.07, 6.45) is 3.72. The highest BCUT2D eigenvalue weighted by Crippen LogP contribution is 2.11. The average molecular weight is 431 g/mol. The first-order valence-corrected chi connectivity index (χ1v) is 10.3. The number of carbonyl (C=O) groups is 1. The highest BCUT2D eigenvalue weighted by molar-refractivity contribution is 5.81. The number of nitrogens with one attached hydrogen (secondary N) is 2. The summed E-state index contributed by atoms with van der Waals surface area (Å²) in [6, 6.07) is 5.06. The predicted molar refractivity (Wildman–Crippen MR) is 115 cm³/mol. The second-order valence-electron chi connectivity index (χ2n) is 7.02. The largest absolute Gasteiger partial charge is 0.357 e. The minimum atomic E-state index is -0.505. The molecule has 1 amide bonds. The van der Waals surface area contributed by atoms with Crippen LogP contribution in [-0.2, 0) is 11.3 Å². The first-order chi connectivity index (χ1) is 15.1. The Labute approximate surface area is 180 Å². The SMILES string of the molecule is CCNC(=NCc1cc(F)ccc1F)NCCC(=O)N1CCN(c2ncccn2)CC1. The summed E-state index contributed by atoms with van der Waals surface area (Å²) in [5.74, 6) is 0.168. The first kappa shape index (κ1) is 22.4. The van der Waals surface area contributed by atoms with Crippen LogP contribution in [0.25, 0.3) is 0 Å². The molecule has 166 valence electrons. The van der Waals surface area contributed by atoms with E-state index in [9.17, 15) is 13.6 Å². The Kier molecular flexibility index (Phi) is 8.08. The smallest absolute Gasteiger partial charge is 0.225 e. The van der Waals surface area contributed by atoms with Crippen molar-refractivity contribution in [3.05, 3.63) is 53.9 Å². The number of rotatable bonds is 7. The molecule has 1 fully saturated rings. The summed E-state index contributed by atoms with van der Waals surface area (Å²) in [7, 11) is 0. The maximum atomic E-state index is 13.8. The molecule has 2 N–H and O–H groups in total. The van der Waals surface area contributed by atoms with E-state index in [0.717, 1.165) is 18.2 Å². The molecule has 1 aromatic carbocycles. The van der Waals surface area contributed by atoms with Gasteiger partial charge in [-0.05, 0) is 31.2 Å². The molecule has 0 unspecified atom stereocenters. The molecule has 2 aromatic rings. The number of guanidine groups is 1. The molecule has 31 heavy (non-hydrogen) atoms. The van der Waals surface area contributed by atoms with Crippen molar-refractivity contribution in [2.24, 2.45) is 4.99 Å². The predicted octanol–water partition coefficient (Wildman–Crippen LogP) is 1.55. The van der Waals surface area contributed by atoms with Crippen molar-refractivity contribution in [1.82, 2.24) is 25.5 Å². The average Bonchev–Trinajstić information content (AvgIpc) is 2.80. The number of anilines is 1. The molecule has 0 bridgehead atoms. The van der Waals surface area contributed by atoms with Gasteiger partial charge in [0.15, 0.2) is 5.96 Å². The van der Waals surface area contributed by atoms with E-state index in [-0.39, 0.29) is 18.0 Å². The molecule has 0 atom stereocenters. The van der Waals surface area contributed by atoms with Crippen LogP contribution >= 0.6 is 0 Å². The monoisotopic (exact) mass is 431 g/mol. The number of amides is 1. The fourth-order valence-electron chi connectivity index (χ4n) is 3.23. The number of halogens is 2. The minimum absolute atomic E-state index is 0.00358. The quantitative estimate of drug-likeness (QED) is 0.511. The first-order valence-electron chi connectivity index (χ1n) is 10.3. The molecule has 2 heterocycles. The number of nitrogens with zero attached hydrogens (tertiary/aromatic N) is 5. The third-order valence-corrected chi connectivity index (χ3v) is 4.86. The van der Waals surface area contributed by atoms with Crippen molar-refractivity contribution < 1.29 is 13.6 Å². The molecule has 1 aliphatic rings. The highest BCUT2D eigenvalue weighted by Gasteiger charge is 2.22. The second-order valence-corrected chi connectivity index (χ2v) is 7.02. The van der Waals surface area contributed by atoms with Gasteiger partial charge in [-0.25, -0.2) is 23.7 Å². The van der Waals surface area contributed by atoms with Crippen molar-refractivity contribution >= 4 is 17.8 Å². The number of aliphatic imine (C=N–C) groups is 1. The van der Waals surface area contributed by atoms with E-state index < -0.39 is 11.6 Å². The summed E-state index contributed by atoms with van der Waals surface area (Å²) in [4.78, 5) is 29.2. The van der Waals surface area contributed by atoms with Crippen molar-refractivity contribution in [3.8, 4) is 0 Å². The van der Waals surface area contributed by atoms with Crippen LogP contribution in [0, 0.1) is 11.6 Å². The van der Waals surface area contributed by atoms with Crippen LogP contribution in [0.3, 0.4) is 0 Å². The molecule has 10 heteroatoms. The summed E-state index contributed by atoms with van der Waals surface area (Å²) >= 11 is 0. The Hall–Kier alpha value is -3.30. The lowest BCUT2D eigenvalue weighted by Crippen LogP contribution is -2.50. The lowest BCUT2D eigenvalue weighted by molar-refractivity contribution is -0.131. The number of piperazine rings is 1. The van der Waals surface area contributed by atoms with E-state index in [4.69, 9.17) is 0 Å². The Morgan fingerprint density at radius 3 is 2.58 bits per heavy atom. The Morgan fingerprint density at radius 2 is 1.87 bits per heavy atom. The van der Waals surface area contributed by atoms with Gasteiger partial charge < -0.3 is 20.4 Å². The van der Waals surface area contributed by atoms with Crippen molar-refractivity contribution in [1.29, 1.82) is 0 Å². The number of benzene rings is 1. The molecular weight excluding hydrogens is 404 g/mol. The zero-order chi connectivity index (χ0) is 22.1. The summed E-state index contributed by atoms with van der Waals surface area (Å²) in [5.41, 5.74) is 0.175. The molecule has 0 spiro atoms. The molecule has 1 aromatic heterocycles. The standard InChI is InChI=1S/C21H27F2N7O/c1-2-24-20(28-15-16-14-17(22)4-5-18(16)23)25-9-6-19(31)29-10-12-30(13-11-29)21-26-7-3-8-27-21/h3-5,7-8,14H,2,6,9-13,15H2,1H3,(H2,24,25,28). The van der Waals surface area contributed by atoms with E-state index in [1.807, 2.05) is 11.8 Å². The van der Waals surface area contributed by atoms with Crippen LogP contribution in [0.5, 0.6) is 0 Å². The van der Waals surface area contributed by atoms with E-state index in [1.54, 1.807) is 18.5 Å². The lowest BCUT2D eigenvalue weighted by atomic mass is 10.2. The van der Waals surface area contributed by atoms with Gasteiger partial charge in [-0.3, -0.25) is 4.79 Å². The Morgan fingerprint density at radius 1 is 1.13 bits per heavy atom. The van der Waals surface area contributed by atoms with Crippen LogP contribution in [0.1, 0.15) is 18.9 Å². The molecule has 3 rings (SSSR count). The van der Waals surface area contributed by atoms with Gasteiger partial charge in [-0.1, -0.05) is 0 Å². The van der Waals surface area contributed by atoms with Crippen LogP contribution < -0.4 is 15.5 Å². The van der Waals surface area contributed by atoms with Crippen molar-refractivity contribution in [2.75, 3.05) is 44.2 Å². The van der Waals surface area contributed by atoms with E-state index in [2.05, 4.69) is 30.5 Å². The number of aromatic nitrogens is 2. The maximum Gasteiger partial charge on any atom is 0.225 e.